The number of rotatable bonds is 7. The fourth-order valence-electron chi connectivity index (χ4n) is 2.75. The van der Waals surface area contributed by atoms with Gasteiger partial charge in [-0.25, -0.2) is 4.79 Å². The summed E-state index contributed by atoms with van der Waals surface area (Å²) in [5.41, 5.74) is 0.536. The molecule has 1 fully saturated rings. The highest BCUT2D eigenvalue weighted by molar-refractivity contribution is 7.12. The van der Waals surface area contributed by atoms with E-state index in [1.54, 1.807) is 11.4 Å². The number of methoxy groups -OCH3 is 1. The average molecular weight is 339 g/mol. The molecule has 0 spiro atoms. The van der Waals surface area contributed by atoms with E-state index in [0.29, 0.717) is 23.0 Å². The molecule has 2 rings (SSSR count). The molecule has 23 heavy (non-hydrogen) atoms. The number of carbonyl (C=O) groups is 2. The second-order valence-electron chi connectivity index (χ2n) is 5.73. The van der Waals surface area contributed by atoms with Crippen molar-refractivity contribution in [2.75, 3.05) is 45.2 Å². The van der Waals surface area contributed by atoms with E-state index in [0.717, 1.165) is 39.0 Å². The Labute approximate surface area is 141 Å². The molecule has 1 aromatic heterocycles. The van der Waals surface area contributed by atoms with E-state index in [9.17, 15) is 9.59 Å². The first kappa shape index (κ1) is 17.9. The van der Waals surface area contributed by atoms with Crippen molar-refractivity contribution >= 4 is 28.9 Å². The standard InChI is InChI=1S/C16H25N3O3S/c1-3-17-10-12-4-7-19(8-5-12)11-14(20)18-13-6-9-23-15(13)16(21)22-2/h6,9,12,17H,3-5,7-8,10-11H2,1-2H3,(H,18,20). The van der Waals surface area contributed by atoms with E-state index in [2.05, 4.69) is 22.5 Å². The Bertz CT molecular complexity index is 524. The predicted octanol–water partition coefficient (Wildman–Crippen LogP) is 1.79. The van der Waals surface area contributed by atoms with Gasteiger partial charge in [-0.15, -0.1) is 11.3 Å². The molecule has 6 nitrogen and oxygen atoms in total. The van der Waals surface area contributed by atoms with Crippen molar-refractivity contribution in [2.24, 2.45) is 5.92 Å². The fraction of sp³-hybridized carbons (Fsp3) is 0.625. The van der Waals surface area contributed by atoms with Gasteiger partial charge in [0.2, 0.25) is 5.91 Å². The second-order valence-corrected chi connectivity index (χ2v) is 6.65. The molecule has 0 bridgehead atoms. The van der Waals surface area contributed by atoms with Gasteiger partial charge in [-0.1, -0.05) is 6.92 Å². The van der Waals surface area contributed by atoms with Gasteiger partial charge in [0.25, 0.3) is 0 Å². The molecule has 1 aromatic rings. The van der Waals surface area contributed by atoms with Crippen molar-refractivity contribution in [1.29, 1.82) is 0 Å². The van der Waals surface area contributed by atoms with E-state index < -0.39 is 5.97 Å². The van der Waals surface area contributed by atoms with Crippen molar-refractivity contribution in [2.45, 2.75) is 19.8 Å². The third-order valence-corrected chi connectivity index (χ3v) is 4.96. The van der Waals surface area contributed by atoms with Gasteiger partial charge >= 0.3 is 5.97 Å². The lowest BCUT2D eigenvalue weighted by atomic mass is 9.97. The average Bonchev–Trinajstić information content (AvgIpc) is 3.01. The van der Waals surface area contributed by atoms with Crippen LogP contribution in [0, 0.1) is 5.92 Å². The lowest BCUT2D eigenvalue weighted by Crippen LogP contribution is -2.41. The number of piperidine rings is 1. The number of amides is 1. The van der Waals surface area contributed by atoms with E-state index in [-0.39, 0.29) is 5.91 Å². The SMILES string of the molecule is CCNCC1CCN(CC(=O)Nc2ccsc2C(=O)OC)CC1. The maximum absolute atomic E-state index is 12.2. The first-order chi connectivity index (χ1) is 11.1. The molecule has 7 heteroatoms. The summed E-state index contributed by atoms with van der Waals surface area (Å²) in [6.07, 6.45) is 2.23. The fourth-order valence-corrected chi connectivity index (χ4v) is 3.51. The summed E-state index contributed by atoms with van der Waals surface area (Å²) in [4.78, 5) is 26.4. The first-order valence-corrected chi connectivity index (χ1v) is 8.90. The van der Waals surface area contributed by atoms with Gasteiger partial charge in [0.05, 0.1) is 19.3 Å². The summed E-state index contributed by atoms with van der Waals surface area (Å²) in [5, 5.41) is 7.97. The van der Waals surface area contributed by atoms with Gasteiger partial charge in [-0.3, -0.25) is 9.69 Å². The molecule has 0 aliphatic carbocycles. The lowest BCUT2D eigenvalue weighted by Gasteiger charge is -2.31. The highest BCUT2D eigenvalue weighted by atomic mass is 32.1. The predicted molar refractivity (Wildman–Crippen MR) is 92.0 cm³/mol. The minimum atomic E-state index is -0.417. The van der Waals surface area contributed by atoms with Crippen LogP contribution in [0.2, 0.25) is 0 Å². The van der Waals surface area contributed by atoms with Gasteiger partial charge < -0.3 is 15.4 Å². The van der Waals surface area contributed by atoms with Crippen LogP contribution in [0.4, 0.5) is 5.69 Å². The zero-order valence-corrected chi connectivity index (χ0v) is 14.6. The summed E-state index contributed by atoms with van der Waals surface area (Å²) in [5.74, 6) is 0.204. The summed E-state index contributed by atoms with van der Waals surface area (Å²) in [6, 6.07) is 1.73. The third-order valence-electron chi connectivity index (χ3n) is 4.07. The van der Waals surface area contributed by atoms with Crippen molar-refractivity contribution < 1.29 is 14.3 Å². The van der Waals surface area contributed by atoms with Gasteiger partial charge in [-0.05, 0) is 56.4 Å². The molecule has 1 aliphatic rings. The van der Waals surface area contributed by atoms with Crippen molar-refractivity contribution in [1.82, 2.24) is 10.2 Å². The van der Waals surface area contributed by atoms with Crippen LogP contribution in [0.5, 0.6) is 0 Å². The van der Waals surface area contributed by atoms with E-state index in [4.69, 9.17) is 4.74 Å². The molecule has 0 unspecified atom stereocenters. The van der Waals surface area contributed by atoms with Crippen LogP contribution in [-0.2, 0) is 9.53 Å². The zero-order valence-electron chi connectivity index (χ0n) is 13.8. The van der Waals surface area contributed by atoms with Crippen molar-refractivity contribution in [3.63, 3.8) is 0 Å². The quantitative estimate of drug-likeness (QED) is 0.741. The lowest BCUT2D eigenvalue weighted by molar-refractivity contribution is -0.117. The number of hydrogen-bond acceptors (Lipinski definition) is 6. The molecule has 0 saturated carbocycles. The number of anilines is 1. The monoisotopic (exact) mass is 339 g/mol. The van der Waals surface area contributed by atoms with Crippen LogP contribution >= 0.6 is 11.3 Å². The Morgan fingerprint density at radius 2 is 2.13 bits per heavy atom. The molecule has 0 aromatic carbocycles. The summed E-state index contributed by atoms with van der Waals surface area (Å²) in [6.45, 7) is 6.44. The Morgan fingerprint density at radius 3 is 2.78 bits per heavy atom. The number of nitrogens with zero attached hydrogens (tertiary/aromatic N) is 1. The van der Waals surface area contributed by atoms with Gasteiger partial charge in [0.15, 0.2) is 0 Å². The number of thiophene rings is 1. The van der Waals surface area contributed by atoms with Crippen molar-refractivity contribution in [3.8, 4) is 0 Å². The third kappa shape index (κ3) is 5.30. The Balaban J connectivity index is 1.78. The minimum Gasteiger partial charge on any atom is -0.465 e. The number of nitrogens with one attached hydrogen (secondary N) is 2. The summed E-state index contributed by atoms with van der Waals surface area (Å²) < 4.78 is 4.71. The van der Waals surface area contributed by atoms with E-state index in [1.165, 1.54) is 18.4 Å². The number of carbonyl (C=O) groups excluding carboxylic acids is 2. The van der Waals surface area contributed by atoms with Gasteiger partial charge in [-0.2, -0.15) is 0 Å². The molecule has 128 valence electrons. The molecule has 0 atom stereocenters. The highest BCUT2D eigenvalue weighted by Gasteiger charge is 2.21. The van der Waals surface area contributed by atoms with Crippen LogP contribution in [0.1, 0.15) is 29.4 Å². The summed E-state index contributed by atoms with van der Waals surface area (Å²) in [7, 11) is 1.34. The van der Waals surface area contributed by atoms with Crippen LogP contribution < -0.4 is 10.6 Å². The Kier molecular flexibility index (Phi) is 7.01. The molecular formula is C16H25N3O3S. The Hall–Kier alpha value is -1.44. The Morgan fingerprint density at radius 1 is 1.39 bits per heavy atom. The van der Waals surface area contributed by atoms with Gasteiger partial charge in [0, 0.05) is 0 Å². The number of esters is 1. The second kappa shape index (κ2) is 9.00. The summed E-state index contributed by atoms with van der Waals surface area (Å²) >= 11 is 1.27. The minimum absolute atomic E-state index is 0.0845. The van der Waals surface area contributed by atoms with Crippen LogP contribution in [0.15, 0.2) is 11.4 Å². The molecule has 0 radical (unpaired) electrons. The van der Waals surface area contributed by atoms with Gasteiger partial charge in [0.1, 0.15) is 4.88 Å². The van der Waals surface area contributed by atoms with Crippen LogP contribution in [-0.4, -0.2) is 56.6 Å². The topological polar surface area (TPSA) is 70.7 Å². The van der Waals surface area contributed by atoms with Crippen LogP contribution in [0.3, 0.4) is 0 Å². The zero-order chi connectivity index (χ0) is 16.7. The smallest absolute Gasteiger partial charge is 0.350 e. The molecule has 1 saturated heterocycles. The molecule has 2 heterocycles. The first-order valence-electron chi connectivity index (χ1n) is 8.02. The highest BCUT2D eigenvalue weighted by Crippen LogP contribution is 2.23. The largest absolute Gasteiger partial charge is 0.465 e. The number of likely N-dealkylation sites (tertiary alicyclic amines) is 1. The molecule has 2 N–H and O–H groups in total. The molecule has 1 amide bonds. The number of ether oxygens (including phenoxy) is 1. The van der Waals surface area contributed by atoms with E-state index >= 15 is 0 Å². The molecule has 1 aliphatic heterocycles. The van der Waals surface area contributed by atoms with Crippen LogP contribution in [0.25, 0.3) is 0 Å². The maximum atomic E-state index is 12.2. The maximum Gasteiger partial charge on any atom is 0.350 e. The normalized spacial score (nSPS) is 16.3. The number of hydrogen-bond donors (Lipinski definition) is 2. The van der Waals surface area contributed by atoms with Crippen molar-refractivity contribution in [3.05, 3.63) is 16.3 Å². The van der Waals surface area contributed by atoms with E-state index in [1.807, 2.05) is 0 Å². The molecular weight excluding hydrogens is 314 g/mol.